The van der Waals surface area contributed by atoms with Crippen LogP contribution in [0.25, 0.3) is 0 Å². The molecule has 0 unspecified atom stereocenters. The lowest BCUT2D eigenvalue weighted by Crippen LogP contribution is -2.29. The van der Waals surface area contributed by atoms with E-state index in [1.807, 2.05) is 0 Å². The van der Waals surface area contributed by atoms with Crippen molar-refractivity contribution in [3.05, 3.63) is 17.9 Å². The topological polar surface area (TPSA) is 85.3 Å². The molecule has 0 spiro atoms. The van der Waals surface area contributed by atoms with Crippen LogP contribution in [0.5, 0.6) is 0 Å². The third-order valence-electron chi connectivity index (χ3n) is 3.45. The Balaban J connectivity index is 2.03. The molecule has 0 aliphatic heterocycles. The van der Waals surface area contributed by atoms with Crippen molar-refractivity contribution in [2.75, 3.05) is 6.54 Å². The molecule has 0 aromatic carbocycles. The number of nitrogens with one attached hydrogen (secondary N) is 1. The minimum absolute atomic E-state index is 0.0511. The number of sulfonamides is 1. The molecule has 1 fully saturated rings. The van der Waals surface area contributed by atoms with Gasteiger partial charge in [0, 0.05) is 6.54 Å². The first-order valence-corrected chi connectivity index (χ1v) is 7.28. The maximum Gasteiger partial charge on any atom is 0.273 e. The fourth-order valence-electron chi connectivity index (χ4n) is 1.76. The quantitative estimate of drug-likeness (QED) is 0.803. The van der Waals surface area contributed by atoms with Crippen LogP contribution in [0.2, 0.25) is 0 Å². The van der Waals surface area contributed by atoms with Crippen LogP contribution in [0.4, 0.5) is 0 Å². The van der Waals surface area contributed by atoms with Crippen molar-refractivity contribution >= 4 is 10.0 Å². The normalized spacial score (nSPS) is 18.2. The Bertz CT molecular complexity index is 489. The van der Waals surface area contributed by atoms with E-state index < -0.39 is 10.0 Å². The molecule has 1 aromatic heterocycles. The lowest BCUT2D eigenvalue weighted by Gasteiger charge is -2.12. The second-order valence-electron chi connectivity index (χ2n) is 4.60. The minimum Gasteiger partial charge on any atom is -0.447 e. The Kier molecular flexibility index (Phi) is 3.29. The highest BCUT2D eigenvalue weighted by molar-refractivity contribution is 7.89. The Morgan fingerprint density at radius 2 is 2.18 bits per heavy atom. The van der Waals surface area contributed by atoms with Crippen molar-refractivity contribution in [3.8, 4) is 0 Å². The van der Waals surface area contributed by atoms with Gasteiger partial charge in [0.05, 0.1) is 6.54 Å². The molecule has 0 atom stereocenters. The van der Waals surface area contributed by atoms with Crippen molar-refractivity contribution in [1.29, 1.82) is 0 Å². The van der Waals surface area contributed by atoms with Gasteiger partial charge in [0.1, 0.15) is 5.76 Å². The summed E-state index contributed by atoms with van der Waals surface area (Å²) in [6.45, 7) is 2.78. The predicted molar refractivity (Wildman–Crippen MR) is 63.7 cm³/mol. The van der Waals surface area contributed by atoms with Crippen molar-refractivity contribution in [2.24, 2.45) is 11.1 Å². The smallest absolute Gasteiger partial charge is 0.273 e. The molecule has 1 aliphatic carbocycles. The molecular formula is C11H18N2O3S. The summed E-state index contributed by atoms with van der Waals surface area (Å²) in [5.41, 5.74) is 5.55. The summed E-state index contributed by atoms with van der Waals surface area (Å²) in [5, 5.41) is -0.0511. The lowest BCUT2D eigenvalue weighted by molar-refractivity contribution is 0.407. The summed E-state index contributed by atoms with van der Waals surface area (Å²) in [5.74, 6) is 0.474. The number of rotatable bonds is 6. The molecule has 1 aliphatic rings. The monoisotopic (exact) mass is 258 g/mol. The molecule has 5 nitrogen and oxygen atoms in total. The van der Waals surface area contributed by atoms with E-state index in [9.17, 15) is 8.42 Å². The zero-order valence-corrected chi connectivity index (χ0v) is 10.7. The van der Waals surface area contributed by atoms with Gasteiger partial charge in [-0.3, -0.25) is 0 Å². The molecule has 1 saturated carbocycles. The molecular weight excluding hydrogens is 240 g/mol. The van der Waals surface area contributed by atoms with Crippen LogP contribution in [0.15, 0.2) is 21.6 Å². The van der Waals surface area contributed by atoms with Crippen LogP contribution in [0, 0.1) is 5.41 Å². The van der Waals surface area contributed by atoms with Crippen LogP contribution in [-0.2, 0) is 16.6 Å². The van der Waals surface area contributed by atoms with E-state index in [0.717, 1.165) is 19.3 Å². The molecule has 17 heavy (non-hydrogen) atoms. The summed E-state index contributed by atoms with van der Waals surface area (Å²) in [7, 11) is -3.53. The number of nitrogens with two attached hydrogens (primary N) is 1. The maximum atomic E-state index is 11.9. The second kappa shape index (κ2) is 4.44. The van der Waals surface area contributed by atoms with Gasteiger partial charge < -0.3 is 10.2 Å². The largest absolute Gasteiger partial charge is 0.447 e. The van der Waals surface area contributed by atoms with E-state index in [1.165, 1.54) is 6.07 Å². The van der Waals surface area contributed by atoms with Gasteiger partial charge in [-0.1, -0.05) is 6.92 Å². The van der Waals surface area contributed by atoms with Crippen LogP contribution < -0.4 is 10.5 Å². The van der Waals surface area contributed by atoms with Gasteiger partial charge in [-0.25, -0.2) is 13.1 Å². The van der Waals surface area contributed by atoms with Gasteiger partial charge in [-0.05, 0) is 36.8 Å². The molecule has 2 rings (SSSR count). The number of hydrogen-bond acceptors (Lipinski definition) is 4. The molecule has 6 heteroatoms. The van der Waals surface area contributed by atoms with E-state index in [4.69, 9.17) is 10.2 Å². The van der Waals surface area contributed by atoms with E-state index in [0.29, 0.717) is 12.3 Å². The average Bonchev–Trinajstić information content (AvgIpc) is 2.94. The Labute approximate surface area is 101 Å². The molecule has 0 saturated heterocycles. The third-order valence-corrected chi connectivity index (χ3v) is 4.72. The van der Waals surface area contributed by atoms with Gasteiger partial charge in [-0.15, -0.1) is 0 Å². The van der Waals surface area contributed by atoms with Crippen LogP contribution in [-0.4, -0.2) is 15.0 Å². The van der Waals surface area contributed by atoms with Gasteiger partial charge in [0.25, 0.3) is 10.0 Å². The Hall–Kier alpha value is -0.850. The van der Waals surface area contributed by atoms with Gasteiger partial charge in [0.2, 0.25) is 5.09 Å². The highest BCUT2D eigenvalue weighted by atomic mass is 32.2. The summed E-state index contributed by atoms with van der Waals surface area (Å²) < 4.78 is 31.6. The van der Waals surface area contributed by atoms with Gasteiger partial charge in [-0.2, -0.15) is 0 Å². The van der Waals surface area contributed by atoms with E-state index in [-0.39, 0.29) is 17.1 Å². The average molecular weight is 258 g/mol. The minimum atomic E-state index is -3.53. The predicted octanol–water partition coefficient (Wildman–Crippen LogP) is 1.21. The summed E-state index contributed by atoms with van der Waals surface area (Å²) in [6, 6.07) is 3.03. The van der Waals surface area contributed by atoms with Crippen LogP contribution in [0.1, 0.15) is 31.9 Å². The van der Waals surface area contributed by atoms with Crippen molar-refractivity contribution < 1.29 is 12.8 Å². The SMILES string of the molecule is CCC1(CNS(=O)(=O)c2ccc(CN)o2)CC1. The molecule has 3 N–H and O–H groups in total. The maximum absolute atomic E-state index is 11.9. The standard InChI is InChI=1S/C11H18N2O3S/c1-2-11(5-6-11)8-13-17(14,15)10-4-3-9(7-12)16-10/h3-4,13H,2,5-8,12H2,1H3. The fourth-order valence-corrected chi connectivity index (χ4v) is 2.87. The van der Waals surface area contributed by atoms with Gasteiger partial charge >= 0.3 is 0 Å². The number of hydrogen-bond donors (Lipinski definition) is 2. The summed E-state index contributed by atoms with van der Waals surface area (Å²) >= 11 is 0. The van der Waals surface area contributed by atoms with Crippen molar-refractivity contribution in [2.45, 2.75) is 37.8 Å². The van der Waals surface area contributed by atoms with E-state index in [1.54, 1.807) is 6.07 Å². The van der Waals surface area contributed by atoms with E-state index >= 15 is 0 Å². The first-order valence-electron chi connectivity index (χ1n) is 5.80. The fraction of sp³-hybridized carbons (Fsp3) is 0.636. The third kappa shape index (κ3) is 2.70. The summed E-state index contributed by atoms with van der Waals surface area (Å²) in [4.78, 5) is 0. The molecule has 0 amide bonds. The molecule has 1 aromatic rings. The Morgan fingerprint density at radius 3 is 2.65 bits per heavy atom. The molecule has 96 valence electrons. The lowest BCUT2D eigenvalue weighted by atomic mass is 10.1. The highest BCUT2D eigenvalue weighted by Crippen LogP contribution is 2.48. The first-order chi connectivity index (χ1) is 8.01. The van der Waals surface area contributed by atoms with Crippen LogP contribution >= 0.6 is 0 Å². The Morgan fingerprint density at radius 1 is 1.47 bits per heavy atom. The molecule has 1 heterocycles. The second-order valence-corrected chi connectivity index (χ2v) is 6.30. The van der Waals surface area contributed by atoms with Gasteiger partial charge in [0.15, 0.2) is 0 Å². The van der Waals surface area contributed by atoms with E-state index in [2.05, 4.69) is 11.6 Å². The van der Waals surface area contributed by atoms with Crippen molar-refractivity contribution in [1.82, 2.24) is 4.72 Å². The first kappa shape index (κ1) is 12.6. The molecule has 0 bridgehead atoms. The zero-order chi connectivity index (χ0) is 12.5. The van der Waals surface area contributed by atoms with Crippen molar-refractivity contribution in [3.63, 3.8) is 0 Å². The molecule has 0 radical (unpaired) electrons. The number of furan rings is 1. The summed E-state index contributed by atoms with van der Waals surface area (Å²) in [6.07, 6.45) is 3.19. The zero-order valence-electron chi connectivity index (χ0n) is 9.90. The van der Waals surface area contributed by atoms with Crippen LogP contribution in [0.3, 0.4) is 0 Å². The highest BCUT2D eigenvalue weighted by Gasteiger charge is 2.41.